The summed E-state index contributed by atoms with van der Waals surface area (Å²) >= 11 is 6.17. The molecule has 0 saturated carbocycles. The van der Waals surface area contributed by atoms with Crippen LogP contribution >= 0.6 is 11.6 Å². The quantitative estimate of drug-likeness (QED) is 0.210. The van der Waals surface area contributed by atoms with Crippen LogP contribution in [0.1, 0.15) is 51.0 Å². The Balaban J connectivity index is 1.56. The molecule has 5 rings (SSSR count). The first-order valence-corrected chi connectivity index (χ1v) is 16.4. The fourth-order valence-electron chi connectivity index (χ4n) is 7.79. The van der Waals surface area contributed by atoms with Crippen molar-refractivity contribution < 1.29 is 24.2 Å². The van der Waals surface area contributed by atoms with E-state index < -0.39 is 29.1 Å². The van der Waals surface area contributed by atoms with Crippen molar-refractivity contribution in [2.75, 3.05) is 31.1 Å². The summed E-state index contributed by atoms with van der Waals surface area (Å²) < 4.78 is 7.01. The number of fused-ring (bicyclic) bond motifs is 1. The minimum absolute atomic E-state index is 0.0613. The fourth-order valence-corrected chi connectivity index (χ4v) is 7.92. The highest BCUT2D eigenvalue weighted by atomic mass is 35.5. The van der Waals surface area contributed by atoms with Gasteiger partial charge >= 0.3 is 0 Å². The van der Waals surface area contributed by atoms with Gasteiger partial charge in [-0.15, -0.1) is 13.2 Å². The van der Waals surface area contributed by atoms with Gasteiger partial charge in [-0.3, -0.25) is 14.4 Å². The van der Waals surface area contributed by atoms with Crippen LogP contribution in [-0.4, -0.2) is 76.1 Å². The number of rotatable bonds is 15. The molecule has 3 fully saturated rings. The van der Waals surface area contributed by atoms with E-state index in [1.807, 2.05) is 37.3 Å². The summed E-state index contributed by atoms with van der Waals surface area (Å²) in [5, 5.41) is 9.92. The molecule has 240 valence electrons. The van der Waals surface area contributed by atoms with Crippen molar-refractivity contribution in [3.63, 3.8) is 0 Å². The molecule has 2 bridgehead atoms. The van der Waals surface area contributed by atoms with E-state index in [0.29, 0.717) is 68.9 Å². The molecule has 5 atom stereocenters. The topological polar surface area (TPSA) is 90.4 Å². The maximum atomic E-state index is 14.8. The van der Waals surface area contributed by atoms with Crippen LogP contribution in [0.5, 0.6) is 0 Å². The number of carbonyl (C=O) groups is 3. The lowest BCUT2D eigenvalue weighted by Crippen LogP contribution is -2.56. The molecule has 8 nitrogen and oxygen atoms in total. The predicted molar refractivity (Wildman–Crippen MR) is 176 cm³/mol. The molecule has 3 aliphatic heterocycles. The number of anilines is 1. The molecule has 3 aliphatic rings. The second-order valence-corrected chi connectivity index (χ2v) is 12.8. The standard InChI is InChI=1S/C36H44ClN3O5/c1-4-21-38(25-26-13-9-7-10-14-26)32(42)29-30-33(43)40(23-11-8-12-24-41)31(36(30)20-19-35(29,6-3)45-36)34(44)39(22-5-2)28-17-15-27(37)16-18-28/h4-5,7,9-10,13-18,29-31,41H,1-2,6,8,11-12,19-25H2,3H3/t29-,30+,31?,35+,36?/m1/s1. The van der Waals surface area contributed by atoms with Crippen molar-refractivity contribution in [3.8, 4) is 0 Å². The second kappa shape index (κ2) is 13.9. The van der Waals surface area contributed by atoms with Crippen LogP contribution in [0.2, 0.25) is 5.02 Å². The highest BCUT2D eigenvalue weighted by Gasteiger charge is 2.79. The van der Waals surface area contributed by atoms with Crippen molar-refractivity contribution in [1.82, 2.24) is 9.80 Å². The fraction of sp³-hybridized carbons (Fsp3) is 0.472. The number of nitrogens with zero attached hydrogens (tertiary/aromatic N) is 3. The molecule has 1 spiro atoms. The lowest BCUT2D eigenvalue weighted by molar-refractivity contribution is -0.151. The second-order valence-electron chi connectivity index (χ2n) is 12.4. The molecule has 0 aromatic heterocycles. The Kier molecular flexibility index (Phi) is 10.2. The number of hydrogen-bond acceptors (Lipinski definition) is 5. The predicted octanol–water partition coefficient (Wildman–Crippen LogP) is 5.39. The van der Waals surface area contributed by atoms with Crippen molar-refractivity contribution in [1.29, 1.82) is 0 Å². The molecule has 1 N–H and O–H groups in total. The summed E-state index contributed by atoms with van der Waals surface area (Å²) in [6, 6.07) is 15.9. The Hall–Kier alpha value is -3.46. The van der Waals surface area contributed by atoms with E-state index in [9.17, 15) is 19.5 Å². The van der Waals surface area contributed by atoms with Crippen molar-refractivity contribution in [2.24, 2.45) is 11.8 Å². The number of unbranched alkanes of at least 4 members (excludes halogenated alkanes) is 2. The SMILES string of the molecule is C=CCN(Cc1ccccc1)C(=O)[C@H]1[C@H]2C(=O)N(CCCCCO)C(C(=O)N(CC=C)c3ccc(Cl)cc3)C23CC[C@]1(CC)O3. The molecule has 0 radical (unpaired) electrons. The van der Waals surface area contributed by atoms with E-state index in [-0.39, 0.29) is 30.9 Å². The van der Waals surface area contributed by atoms with Crippen LogP contribution in [0.3, 0.4) is 0 Å². The Morgan fingerprint density at radius 3 is 2.38 bits per heavy atom. The van der Waals surface area contributed by atoms with Gasteiger partial charge in [0.15, 0.2) is 0 Å². The van der Waals surface area contributed by atoms with Gasteiger partial charge < -0.3 is 24.5 Å². The molecule has 3 saturated heterocycles. The minimum Gasteiger partial charge on any atom is -0.396 e. The van der Waals surface area contributed by atoms with Crippen LogP contribution in [0.4, 0.5) is 5.69 Å². The van der Waals surface area contributed by atoms with Crippen LogP contribution in [0.15, 0.2) is 79.9 Å². The van der Waals surface area contributed by atoms with Gasteiger partial charge in [0.2, 0.25) is 11.8 Å². The van der Waals surface area contributed by atoms with E-state index in [4.69, 9.17) is 16.3 Å². The number of aliphatic hydroxyl groups is 1. The Bertz CT molecular complexity index is 1400. The van der Waals surface area contributed by atoms with Crippen molar-refractivity contribution >= 4 is 35.0 Å². The van der Waals surface area contributed by atoms with Crippen LogP contribution < -0.4 is 4.90 Å². The summed E-state index contributed by atoms with van der Waals surface area (Å²) in [4.78, 5) is 49.1. The van der Waals surface area contributed by atoms with Crippen molar-refractivity contribution in [3.05, 3.63) is 90.5 Å². The minimum atomic E-state index is -1.14. The molecule has 3 amide bonds. The third-order valence-electron chi connectivity index (χ3n) is 9.83. The Morgan fingerprint density at radius 2 is 1.73 bits per heavy atom. The molecular formula is C36H44ClN3O5. The number of halogens is 1. The summed E-state index contributed by atoms with van der Waals surface area (Å²) in [6.45, 7) is 11.1. The first kappa shape index (κ1) is 32.9. The molecule has 2 unspecified atom stereocenters. The molecule has 3 heterocycles. The number of benzene rings is 2. The van der Waals surface area contributed by atoms with E-state index in [1.165, 1.54) is 0 Å². The van der Waals surface area contributed by atoms with Gasteiger partial charge in [-0.2, -0.15) is 0 Å². The molecule has 2 aromatic rings. The van der Waals surface area contributed by atoms with Gasteiger partial charge in [-0.25, -0.2) is 0 Å². The van der Waals surface area contributed by atoms with Crippen LogP contribution in [0.25, 0.3) is 0 Å². The maximum Gasteiger partial charge on any atom is 0.253 e. The van der Waals surface area contributed by atoms with Gasteiger partial charge in [-0.05, 0) is 68.4 Å². The molecule has 45 heavy (non-hydrogen) atoms. The highest BCUT2D eigenvalue weighted by molar-refractivity contribution is 6.30. The largest absolute Gasteiger partial charge is 0.396 e. The molecular weight excluding hydrogens is 590 g/mol. The number of aliphatic hydroxyl groups excluding tert-OH is 1. The zero-order valence-electron chi connectivity index (χ0n) is 26.1. The number of hydrogen-bond donors (Lipinski definition) is 1. The molecule has 9 heteroatoms. The number of amides is 3. The lowest BCUT2D eigenvalue weighted by Gasteiger charge is -2.37. The highest BCUT2D eigenvalue weighted by Crippen LogP contribution is 2.64. The maximum absolute atomic E-state index is 14.8. The van der Waals surface area contributed by atoms with E-state index in [0.717, 1.165) is 5.56 Å². The summed E-state index contributed by atoms with van der Waals surface area (Å²) in [6.07, 6.45) is 6.94. The van der Waals surface area contributed by atoms with Gasteiger partial charge in [0.05, 0.1) is 17.4 Å². The summed E-state index contributed by atoms with van der Waals surface area (Å²) in [7, 11) is 0. The average molecular weight is 634 g/mol. The lowest BCUT2D eigenvalue weighted by atomic mass is 9.64. The summed E-state index contributed by atoms with van der Waals surface area (Å²) in [5.74, 6) is -2.13. The van der Waals surface area contributed by atoms with E-state index >= 15 is 0 Å². The Morgan fingerprint density at radius 1 is 1.02 bits per heavy atom. The average Bonchev–Trinajstić information content (AvgIpc) is 3.65. The van der Waals surface area contributed by atoms with Gasteiger partial charge in [0.25, 0.3) is 5.91 Å². The summed E-state index contributed by atoms with van der Waals surface area (Å²) in [5.41, 5.74) is -0.364. The van der Waals surface area contributed by atoms with Crippen molar-refractivity contribution in [2.45, 2.75) is 69.2 Å². The van der Waals surface area contributed by atoms with Gasteiger partial charge in [-0.1, -0.05) is 61.0 Å². The van der Waals surface area contributed by atoms with Gasteiger partial charge in [0.1, 0.15) is 11.6 Å². The first-order chi connectivity index (χ1) is 21.8. The first-order valence-electron chi connectivity index (χ1n) is 16.0. The zero-order chi connectivity index (χ0) is 32.2. The third kappa shape index (κ3) is 5.96. The number of likely N-dealkylation sites (tertiary alicyclic amines) is 1. The number of carbonyl (C=O) groups excluding carboxylic acids is 3. The normalized spacial score (nSPS) is 26.5. The van der Waals surface area contributed by atoms with Crippen LogP contribution in [0, 0.1) is 11.8 Å². The smallest absolute Gasteiger partial charge is 0.253 e. The van der Waals surface area contributed by atoms with E-state index in [1.54, 1.807) is 51.1 Å². The van der Waals surface area contributed by atoms with Crippen LogP contribution in [-0.2, 0) is 25.7 Å². The third-order valence-corrected chi connectivity index (χ3v) is 10.1. The zero-order valence-corrected chi connectivity index (χ0v) is 26.8. The number of ether oxygens (including phenoxy) is 1. The van der Waals surface area contributed by atoms with E-state index in [2.05, 4.69) is 13.2 Å². The van der Waals surface area contributed by atoms with Gasteiger partial charge in [0, 0.05) is 43.5 Å². The Labute approximate surface area is 271 Å². The molecule has 2 aromatic carbocycles. The molecule has 0 aliphatic carbocycles. The monoisotopic (exact) mass is 633 g/mol.